The lowest BCUT2D eigenvalue weighted by Gasteiger charge is -2.65. The van der Waals surface area contributed by atoms with Crippen LogP contribution in [0.5, 0.6) is 11.5 Å². The summed E-state index contributed by atoms with van der Waals surface area (Å²) in [6.07, 6.45) is 7.62. The summed E-state index contributed by atoms with van der Waals surface area (Å²) in [5.41, 5.74) is 3.19. The minimum Gasteiger partial charge on any atom is -0.504 e. The molecule has 178 valence electrons. The maximum absolute atomic E-state index is 11.3. The number of nitrogens with zero attached hydrogens (tertiary/aromatic N) is 1. The molecular weight excluding hydrogens is 430 g/mol. The molecule has 2 aromatic rings. The quantitative estimate of drug-likeness (QED) is 0.669. The summed E-state index contributed by atoms with van der Waals surface area (Å²) < 4.78 is 13.6. The molecule has 2 N–H and O–H groups in total. The average Bonchev–Trinajstić information content (AvgIpc) is 3.59. The number of aromatic hydroxyl groups is 1. The van der Waals surface area contributed by atoms with Crippen molar-refractivity contribution in [3.05, 3.63) is 58.7 Å². The fraction of sp³-hybridized carbons (Fsp3) is 0.536. The minimum absolute atomic E-state index is 0.0311. The molecule has 0 unspecified atom stereocenters. The van der Waals surface area contributed by atoms with Crippen molar-refractivity contribution in [2.24, 2.45) is 5.92 Å². The van der Waals surface area contributed by atoms with Gasteiger partial charge >= 0.3 is 5.97 Å². The number of likely N-dealkylation sites (tertiary alicyclic amines) is 1. The molecule has 1 spiro atoms. The zero-order chi connectivity index (χ0) is 23.1. The van der Waals surface area contributed by atoms with Crippen molar-refractivity contribution in [3.63, 3.8) is 0 Å². The number of carbonyl (C=O) groups is 1. The number of ether oxygens (including phenoxy) is 2. The van der Waals surface area contributed by atoms with E-state index in [1.165, 1.54) is 24.0 Å². The lowest BCUT2D eigenvalue weighted by Crippen LogP contribution is -2.76. The summed E-state index contributed by atoms with van der Waals surface area (Å²) in [6, 6.07) is 11.3. The van der Waals surface area contributed by atoms with Crippen LogP contribution in [-0.4, -0.2) is 51.9 Å². The van der Waals surface area contributed by atoms with Crippen LogP contribution in [0.25, 0.3) is 0 Å². The lowest BCUT2D eigenvalue weighted by molar-refractivity contribution is -0.221. The van der Waals surface area contributed by atoms with Crippen molar-refractivity contribution in [3.8, 4) is 11.5 Å². The molecule has 4 atom stereocenters. The predicted molar refractivity (Wildman–Crippen MR) is 125 cm³/mol. The third kappa shape index (κ3) is 2.73. The summed E-state index contributed by atoms with van der Waals surface area (Å²) >= 11 is 0. The maximum atomic E-state index is 11.3. The van der Waals surface area contributed by atoms with Crippen LogP contribution in [-0.2, 0) is 23.2 Å². The van der Waals surface area contributed by atoms with Crippen molar-refractivity contribution >= 4 is 5.97 Å². The molecule has 2 aliphatic heterocycles. The highest BCUT2D eigenvalue weighted by Crippen LogP contribution is 2.66. The van der Waals surface area contributed by atoms with Gasteiger partial charge in [0.2, 0.25) is 0 Å². The highest BCUT2D eigenvalue weighted by molar-refractivity contribution is 5.87. The number of aromatic carboxylic acids is 1. The molecule has 2 saturated carbocycles. The SMILES string of the molecule is O=C(O)c1ccc(CO[C@@]23CCC[C@@H]4Oc5c(O)ccc6c5[C@@]42CCN(CC2CC2)[C@@H]3C6)cc1. The molecule has 6 nitrogen and oxygen atoms in total. The molecular formula is C28H31NO5. The van der Waals surface area contributed by atoms with Gasteiger partial charge in [-0.3, -0.25) is 4.90 Å². The number of piperidine rings is 1. The van der Waals surface area contributed by atoms with Crippen LogP contribution in [0.2, 0.25) is 0 Å². The fourth-order valence-corrected chi connectivity index (χ4v) is 7.70. The van der Waals surface area contributed by atoms with E-state index in [4.69, 9.17) is 9.47 Å². The predicted octanol–water partition coefficient (Wildman–Crippen LogP) is 4.27. The first-order chi connectivity index (χ1) is 16.5. The topological polar surface area (TPSA) is 79.2 Å². The molecule has 5 aliphatic rings. The highest BCUT2D eigenvalue weighted by atomic mass is 16.5. The molecule has 2 aromatic carbocycles. The van der Waals surface area contributed by atoms with Crippen molar-refractivity contribution in [2.45, 2.75) is 74.7 Å². The van der Waals surface area contributed by atoms with Gasteiger partial charge in [0, 0.05) is 18.2 Å². The monoisotopic (exact) mass is 461 g/mol. The second kappa shape index (κ2) is 7.22. The van der Waals surface area contributed by atoms with Gasteiger partial charge in [0.25, 0.3) is 0 Å². The van der Waals surface area contributed by atoms with Crippen molar-refractivity contribution in [1.82, 2.24) is 4.90 Å². The van der Waals surface area contributed by atoms with Crippen LogP contribution in [0.4, 0.5) is 0 Å². The summed E-state index contributed by atoms with van der Waals surface area (Å²) in [4.78, 5) is 14.0. The third-order valence-electron chi connectivity index (χ3n) is 9.32. The van der Waals surface area contributed by atoms with Crippen LogP contribution in [0.3, 0.4) is 0 Å². The van der Waals surface area contributed by atoms with Crippen molar-refractivity contribution in [2.75, 3.05) is 13.1 Å². The molecule has 0 radical (unpaired) electrons. The zero-order valence-corrected chi connectivity index (χ0v) is 19.3. The van der Waals surface area contributed by atoms with E-state index < -0.39 is 5.97 Å². The standard InChI is InChI=1S/C28H31NO5/c30-21-10-9-20-14-22-28(33-16-18-5-7-19(8-6-18)26(31)32)11-1-2-23-27(28,24(20)25(21)34-23)12-13-29(22)15-17-3-4-17/h5-10,17,22-23,30H,1-4,11-16H2,(H,31,32)/t22-,23+,27-,28-/m1/s1. The lowest BCUT2D eigenvalue weighted by atomic mass is 9.49. The Morgan fingerprint density at radius 3 is 2.71 bits per heavy atom. The van der Waals surface area contributed by atoms with E-state index in [0.717, 1.165) is 56.7 Å². The largest absolute Gasteiger partial charge is 0.504 e. The average molecular weight is 462 g/mol. The van der Waals surface area contributed by atoms with Crippen LogP contribution < -0.4 is 4.74 Å². The van der Waals surface area contributed by atoms with E-state index >= 15 is 0 Å². The number of carboxylic acid groups (broad SMARTS) is 1. The Morgan fingerprint density at radius 2 is 1.94 bits per heavy atom. The molecule has 3 fully saturated rings. The molecule has 2 bridgehead atoms. The van der Waals surface area contributed by atoms with Gasteiger partial charge in [-0.05, 0) is 86.7 Å². The van der Waals surface area contributed by atoms with E-state index in [2.05, 4.69) is 11.0 Å². The summed E-state index contributed by atoms with van der Waals surface area (Å²) in [6.45, 7) is 2.64. The fourth-order valence-electron chi connectivity index (χ4n) is 7.70. The number of benzene rings is 2. The molecule has 7 rings (SSSR count). The summed E-state index contributed by atoms with van der Waals surface area (Å²) in [7, 11) is 0. The molecule has 0 aromatic heterocycles. The first-order valence-electron chi connectivity index (χ1n) is 12.7. The Balaban J connectivity index is 1.32. The van der Waals surface area contributed by atoms with Gasteiger partial charge in [-0.25, -0.2) is 4.79 Å². The second-order valence-corrected chi connectivity index (χ2v) is 11.0. The van der Waals surface area contributed by atoms with Gasteiger partial charge in [0.15, 0.2) is 11.5 Å². The van der Waals surface area contributed by atoms with E-state index in [1.807, 2.05) is 12.1 Å². The smallest absolute Gasteiger partial charge is 0.335 e. The van der Waals surface area contributed by atoms with Gasteiger partial charge in [-0.15, -0.1) is 0 Å². The van der Waals surface area contributed by atoms with Crippen LogP contribution in [0, 0.1) is 5.92 Å². The van der Waals surface area contributed by atoms with Gasteiger partial charge in [0.1, 0.15) is 6.10 Å². The van der Waals surface area contributed by atoms with Gasteiger partial charge in [-0.1, -0.05) is 18.2 Å². The minimum atomic E-state index is -0.912. The molecule has 2 heterocycles. The van der Waals surface area contributed by atoms with Crippen LogP contribution in [0.1, 0.15) is 65.6 Å². The first-order valence-corrected chi connectivity index (χ1v) is 12.7. The van der Waals surface area contributed by atoms with Gasteiger partial charge < -0.3 is 19.7 Å². The molecule has 3 aliphatic carbocycles. The van der Waals surface area contributed by atoms with Crippen LogP contribution in [0.15, 0.2) is 36.4 Å². The summed E-state index contributed by atoms with van der Waals surface area (Å²) in [5, 5.41) is 20.0. The Morgan fingerprint density at radius 1 is 1.12 bits per heavy atom. The molecule has 1 saturated heterocycles. The van der Waals surface area contributed by atoms with E-state index in [1.54, 1.807) is 18.2 Å². The number of rotatable bonds is 6. The number of phenolic OH excluding ortho intramolecular Hbond substituents is 1. The Labute approximate surface area is 199 Å². The number of carboxylic acids is 1. The number of phenols is 1. The first kappa shape index (κ1) is 20.8. The van der Waals surface area contributed by atoms with E-state index in [-0.39, 0.29) is 28.9 Å². The number of hydrogen-bond acceptors (Lipinski definition) is 5. The third-order valence-corrected chi connectivity index (χ3v) is 9.32. The van der Waals surface area contributed by atoms with Gasteiger partial charge in [-0.2, -0.15) is 0 Å². The molecule has 6 heteroatoms. The Kier molecular flexibility index (Phi) is 4.41. The Hall–Kier alpha value is -2.57. The molecule has 0 amide bonds. The molecule has 34 heavy (non-hydrogen) atoms. The highest BCUT2D eigenvalue weighted by Gasteiger charge is 2.72. The summed E-state index contributed by atoms with van der Waals surface area (Å²) in [5.74, 6) is 0.840. The van der Waals surface area contributed by atoms with Crippen LogP contribution >= 0.6 is 0 Å². The van der Waals surface area contributed by atoms with E-state index in [0.29, 0.717) is 17.9 Å². The van der Waals surface area contributed by atoms with Crippen molar-refractivity contribution < 1.29 is 24.5 Å². The number of hydrogen-bond donors (Lipinski definition) is 2. The van der Waals surface area contributed by atoms with Crippen molar-refractivity contribution in [1.29, 1.82) is 0 Å². The normalized spacial score (nSPS) is 33.3. The Bertz CT molecular complexity index is 1160. The maximum Gasteiger partial charge on any atom is 0.335 e. The van der Waals surface area contributed by atoms with E-state index in [9.17, 15) is 15.0 Å². The second-order valence-electron chi connectivity index (χ2n) is 11.0. The van der Waals surface area contributed by atoms with Gasteiger partial charge in [0.05, 0.1) is 23.2 Å². The zero-order valence-electron chi connectivity index (χ0n) is 19.3.